The molecule has 0 spiro atoms. The lowest BCUT2D eigenvalue weighted by molar-refractivity contribution is -0.143. The van der Waals surface area contributed by atoms with E-state index in [1.807, 2.05) is 12.1 Å². The van der Waals surface area contributed by atoms with E-state index in [0.717, 1.165) is 16.0 Å². The lowest BCUT2D eigenvalue weighted by Gasteiger charge is -2.32. The first kappa shape index (κ1) is 43.8. The van der Waals surface area contributed by atoms with Crippen molar-refractivity contribution in [3.63, 3.8) is 0 Å². The minimum atomic E-state index is -1.38. The van der Waals surface area contributed by atoms with Crippen LogP contribution < -0.4 is 21.7 Å². The number of carboxylic acid groups (broad SMARTS) is 1. The Bertz CT molecular complexity index is 2050. The predicted octanol–water partition coefficient (Wildman–Crippen LogP) is 5.69. The van der Waals surface area contributed by atoms with Crippen LogP contribution in [0.3, 0.4) is 0 Å². The number of nitrogens with one attached hydrogen (secondary N) is 3. The molecule has 0 radical (unpaired) electrons. The molecule has 13 nitrogen and oxygen atoms in total. The number of aliphatic carboxylic acids is 1. The highest BCUT2D eigenvalue weighted by atomic mass is 79.9. The van der Waals surface area contributed by atoms with Gasteiger partial charge >= 0.3 is 5.97 Å². The molecular weight excluding hydrogens is 874 g/mol. The third-order valence-electron chi connectivity index (χ3n) is 8.96. The van der Waals surface area contributed by atoms with Gasteiger partial charge < -0.3 is 41.9 Å². The van der Waals surface area contributed by atoms with Crippen molar-refractivity contribution in [3.8, 4) is 22.6 Å². The molecular formula is C40H42Br2ClN5O8. The highest BCUT2D eigenvalue weighted by molar-refractivity contribution is 9.10. The quantitative estimate of drug-likeness (QED) is 0.0649. The number of carbonyl (C=O) groups is 5. The summed E-state index contributed by atoms with van der Waals surface area (Å²) in [5.41, 5.74) is 8.57. The number of carboxylic acids is 1. The van der Waals surface area contributed by atoms with E-state index in [2.05, 4.69) is 47.8 Å². The minimum Gasteiger partial charge on any atom is -0.507 e. The molecule has 4 aromatic rings. The summed E-state index contributed by atoms with van der Waals surface area (Å²) in [4.78, 5) is 68.4. The SMILES string of the molecule is C[C@H](NC(=O)[C@H](c1ccc(O)c(Br)c1)N(C)C(=O)[C@H](CCCCN)NC(=O)c1ccc(-c2ccc(Cl)cc2)cc1)C(=O)N[C@@H](Cc1ccc(O)c(Br)c1)C(=O)O. The Morgan fingerprint density at radius 2 is 1.36 bits per heavy atom. The number of benzene rings is 4. The number of phenolic OH excluding ortho intramolecular Hbond substituents is 2. The van der Waals surface area contributed by atoms with Gasteiger partial charge in [-0.05, 0) is 135 Å². The van der Waals surface area contributed by atoms with Crippen LogP contribution in [0.2, 0.25) is 5.02 Å². The molecule has 0 aliphatic heterocycles. The van der Waals surface area contributed by atoms with Crippen LogP contribution in [0.1, 0.15) is 53.7 Å². The number of carbonyl (C=O) groups excluding carboxylic acids is 4. The number of unbranched alkanes of at least 4 members (excludes halogenated alkanes) is 1. The van der Waals surface area contributed by atoms with E-state index in [1.165, 1.54) is 50.4 Å². The number of nitrogens with two attached hydrogens (primary N) is 1. The van der Waals surface area contributed by atoms with Gasteiger partial charge in [0.15, 0.2) is 0 Å². The third kappa shape index (κ3) is 11.8. The Morgan fingerprint density at radius 3 is 1.93 bits per heavy atom. The molecule has 0 bridgehead atoms. The molecule has 4 aromatic carbocycles. The van der Waals surface area contributed by atoms with Crippen molar-refractivity contribution >= 4 is 73.1 Å². The Balaban J connectivity index is 1.55. The number of phenols is 2. The number of likely N-dealkylation sites (N-methyl/N-ethyl adjacent to an activating group) is 1. The lowest BCUT2D eigenvalue weighted by Crippen LogP contribution is -2.54. The van der Waals surface area contributed by atoms with E-state index >= 15 is 0 Å². The lowest BCUT2D eigenvalue weighted by atomic mass is 10.0. The number of halogens is 3. The number of nitrogens with zero attached hydrogens (tertiary/aromatic N) is 1. The van der Waals surface area contributed by atoms with Crippen LogP contribution in [-0.2, 0) is 25.6 Å². The number of aromatic hydroxyl groups is 2. The second-order valence-corrected chi connectivity index (χ2v) is 15.2. The van der Waals surface area contributed by atoms with E-state index in [9.17, 15) is 39.3 Å². The maximum absolute atomic E-state index is 14.3. The zero-order valence-electron chi connectivity index (χ0n) is 30.5. The van der Waals surface area contributed by atoms with Crippen LogP contribution in [-0.4, -0.2) is 81.5 Å². The summed E-state index contributed by atoms with van der Waals surface area (Å²) in [5, 5.41) is 38.3. The van der Waals surface area contributed by atoms with Crippen molar-refractivity contribution in [1.29, 1.82) is 0 Å². The zero-order chi connectivity index (χ0) is 41.1. The Morgan fingerprint density at radius 1 is 0.768 bits per heavy atom. The maximum Gasteiger partial charge on any atom is 0.326 e. The van der Waals surface area contributed by atoms with Crippen LogP contribution in [0, 0.1) is 0 Å². The van der Waals surface area contributed by atoms with E-state index < -0.39 is 53.8 Å². The van der Waals surface area contributed by atoms with Gasteiger partial charge in [0.1, 0.15) is 35.7 Å². The van der Waals surface area contributed by atoms with Gasteiger partial charge in [0, 0.05) is 24.1 Å². The summed E-state index contributed by atoms with van der Waals surface area (Å²) in [6.07, 6.45) is 1.14. The Hall–Kier alpha value is -4.96. The van der Waals surface area contributed by atoms with Gasteiger partial charge in [-0.3, -0.25) is 19.2 Å². The summed E-state index contributed by atoms with van der Waals surface area (Å²) in [5.74, 6) is -4.21. The normalized spacial score (nSPS) is 13.1. The monoisotopic (exact) mass is 913 g/mol. The van der Waals surface area contributed by atoms with Crippen molar-refractivity contribution in [1.82, 2.24) is 20.9 Å². The standard InChI is InChI=1S/C40H42Br2ClN5O8/c1-22(36(51)47-32(40(55)56)20-23-6-16-33(49)29(41)19-23)45-38(53)35(27-13-17-34(50)30(42)21-27)48(2)39(54)31(5-3-4-18-44)46-37(52)26-9-7-24(8-10-26)25-11-14-28(43)15-12-25/h6-17,19,21-22,31-32,35,49-50H,3-5,18,20,44H2,1-2H3,(H,45,53)(H,46,52)(H,47,51)(H,55,56)/t22-,31-,32-,35-/m0/s1. The Kier molecular flexibility index (Phi) is 15.8. The molecule has 0 aliphatic rings. The average molecular weight is 916 g/mol. The number of rotatable bonds is 17. The summed E-state index contributed by atoms with van der Waals surface area (Å²) in [6, 6.07) is 17.7. The summed E-state index contributed by atoms with van der Waals surface area (Å²) >= 11 is 12.5. The molecule has 4 rings (SSSR count). The molecule has 8 N–H and O–H groups in total. The fourth-order valence-corrected chi connectivity index (χ4v) is 6.78. The topological polar surface area (TPSA) is 211 Å². The van der Waals surface area contributed by atoms with Gasteiger partial charge in [-0.1, -0.05) is 48.0 Å². The van der Waals surface area contributed by atoms with Crippen LogP contribution in [0.15, 0.2) is 93.9 Å². The van der Waals surface area contributed by atoms with Gasteiger partial charge in [-0.25, -0.2) is 4.79 Å². The first-order valence-electron chi connectivity index (χ1n) is 17.5. The first-order chi connectivity index (χ1) is 26.6. The molecule has 0 aliphatic carbocycles. The van der Waals surface area contributed by atoms with Gasteiger partial charge in [0.2, 0.25) is 17.7 Å². The first-order valence-corrected chi connectivity index (χ1v) is 19.5. The summed E-state index contributed by atoms with van der Waals surface area (Å²) in [6.45, 7) is 1.72. The van der Waals surface area contributed by atoms with Gasteiger partial charge in [0.05, 0.1) is 8.95 Å². The van der Waals surface area contributed by atoms with Gasteiger partial charge in [-0.15, -0.1) is 0 Å². The zero-order valence-corrected chi connectivity index (χ0v) is 34.4. The van der Waals surface area contributed by atoms with Crippen molar-refractivity contribution in [3.05, 3.63) is 116 Å². The molecule has 56 heavy (non-hydrogen) atoms. The van der Waals surface area contributed by atoms with Crippen molar-refractivity contribution in [2.24, 2.45) is 5.73 Å². The van der Waals surface area contributed by atoms with Crippen LogP contribution in [0.4, 0.5) is 0 Å². The van der Waals surface area contributed by atoms with Crippen molar-refractivity contribution in [2.45, 2.75) is 56.8 Å². The number of hydrogen-bond acceptors (Lipinski definition) is 8. The molecule has 296 valence electrons. The molecule has 0 aromatic heterocycles. The Labute approximate surface area is 345 Å². The van der Waals surface area contributed by atoms with Crippen LogP contribution in [0.25, 0.3) is 11.1 Å². The van der Waals surface area contributed by atoms with E-state index in [-0.39, 0.29) is 34.4 Å². The highest BCUT2D eigenvalue weighted by Gasteiger charge is 2.35. The molecule has 16 heteroatoms. The smallest absolute Gasteiger partial charge is 0.326 e. The molecule has 0 fully saturated rings. The van der Waals surface area contributed by atoms with Gasteiger partial charge in [0.25, 0.3) is 5.91 Å². The number of hydrogen-bond donors (Lipinski definition) is 7. The molecule has 4 atom stereocenters. The van der Waals surface area contributed by atoms with E-state index in [0.29, 0.717) is 40.0 Å². The van der Waals surface area contributed by atoms with Crippen LogP contribution in [0.5, 0.6) is 11.5 Å². The molecule has 0 unspecified atom stereocenters. The predicted molar refractivity (Wildman–Crippen MR) is 219 cm³/mol. The largest absolute Gasteiger partial charge is 0.507 e. The molecule has 0 saturated heterocycles. The van der Waals surface area contributed by atoms with Crippen molar-refractivity contribution < 1.29 is 39.3 Å². The number of amides is 4. The average Bonchev–Trinajstić information content (AvgIpc) is 3.17. The fourth-order valence-electron chi connectivity index (χ4n) is 5.83. The van der Waals surface area contributed by atoms with Gasteiger partial charge in [-0.2, -0.15) is 0 Å². The second kappa shape index (κ2) is 20.3. The van der Waals surface area contributed by atoms with E-state index in [1.54, 1.807) is 36.4 Å². The summed E-state index contributed by atoms with van der Waals surface area (Å²) < 4.78 is 0.584. The second-order valence-electron chi connectivity index (χ2n) is 13.1. The molecule has 0 saturated carbocycles. The molecule has 0 heterocycles. The van der Waals surface area contributed by atoms with Crippen LogP contribution >= 0.6 is 43.5 Å². The molecule has 4 amide bonds. The van der Waals surface area contributed by atoms with E-state index in [4.69, 9.17) is 17.3 Å². The summed E-state index contributed by atoms with van der Waals surface area (Å²) in [7, 11) is 1.39. The maximum atomic E-state index is 14.3. The fraction of sp³-hybridized carbons (Fsp3) is 0.275. The third-order valence-corrected chi connectivity index (χ3v) is 10.5. The van der Waals surface area contributed by atoms with Crippen molar-refractivity contribution in [2.75, 3.05) is 13.6 Å². The minimum absolute atomic E-state index is 0.0376. The highest BCUT2D eigenvalue weighted by Crippen LogP contribution is 2.31.